The summed E-state index contributed by atoms with van der Waals surface area (Å²) in [5, 5.41) is 15.4. The summed E-state index contributed by atoms with van der Waals surface area (Å²) in [6.45, 7) is 2.84. The zero-order valence-corrected chi connectivity index (χ0v) is 14.2. The molecule has 0 fully saturated rings. The van der Waals surface area contributed by atoms with Gasteiger partial charge in [-0.2, -0.15) is 5.10 Å². The van der Waals surface area contributed by atoms with Crippen LogP contribution < -0.4 is 0 Å². The van der Waals surface area contributed by atoms with Crippen molar-refractivity contribution in [3.8, 4) is 0 Å². The first-order valence-corrected chi connectivity index (χ1v) is 7.85. The molecular weight excluding hydrogens is 395 g/mol. The first-order chi connectivity index (χ1) is 9.04. The number of aryl methyl sites for hydroxylation is 1. The van der Waals surface area contributed by atoms with Crippen LogP contribution in [-0.4, -0.2) is 14.9 Å². The quantitative estimate of drug-likeness (QED) is 0.806. The number of hydrogen-bond acceptors (Lipinski definition) is 2. The van der Waals surface area contributed by atoms with Crippen molar-refractivity contribution >= 4 is 43.5 Å². The van der Waals surface area contributed by atoms with Gasteiger partial charge in [-0.1, -0.05) is 24.6 Å². The Kier molecular flexibility index (Phi) is 5.06. The Morgan fingerprint density at radius 1 is 1.37 bits per heavy atom. The van der Waals surface area contributed by atoms with E-state index in [1.165, 1.54) is 0 Å². The molecule has 2 aromatic rings. The Hall–Kier alpha value is -0.360. The SMILES string of the molecule is CCCn1ncc(Br)c1C(O)c1ccc(Cl)c(Br)c1. The van der Waals surface area contributed by atoms with Gasteiger partial charge in [0.2, 0.25) is 0 Å². The fourth-order valence-corrected chi connectivity index (χ4v) is 2.90. The molecule has 3 nitrogen and oxygen atoms in total. The summed E-state index contributed by atoms with van der Waals surface area (Å²) in [6, 6.07) is 5.40. The van der Waals surface area contributed by atoms with Crippen molar-refractivity contribution in [3.63, 3.8) is 0 Å². The fourth-order valence-electron chi connectivity index (χ4n) is 1.87. The van der Waals surface area contributed by atoms with Crippen molar-refractivity contribution < 1.29 is 5.11 Å². The lowest BCUT2D eigenvalue weighted by molar-refractivity contribution is 0.206. The molecule has 0 aliphatic heterocycles. The van der Waals surface area contributed by atoms with Gasteiger partial charge in [-0.05, 0) is 56.0 Å². The highest BCUT2D eigenvalue weighted by Crippen LogP contribution is 2.32. The van der Waals surface area contributed by atoms with Gasteiger partial charge in [-0.3, -0.25) is 4.68 Å². The molecule has 0 spiro atoms. The monoisotopic (exact) mass is 406 g/mol. The van der Waals surface area contributed by atoms with Crippen LogP contribution in [0.1, 0.15) is 30.7 Å². The minimum Gasteiger partial charge on any atom is -0.382 e. The highest BCUT2D eigenvalue weighted by molar-refractivity contribution is 9.10. The number of benzene rings is 1. The van der Waals surface area contributed by atoms with Crippen molar-refractivity contribution in [2.45, 2.75) is 26.0 Å². The minimum atomic E-state index is -0.739. The molecule has 0 bridgehead atoms. The number of aliphatic hydroxyl groups excluding tert-OH is 1. The van der Waals surface area contributed by atoms with Gasteiger partial charge in [0.05, 0.1) is 21.4 Å². The molecule has 19 heavy (non-hydrogen) atoms. The lowest BCUT2D eigenvalue weighted by Crippen LogP contribution is -2.10. The summed E-state index contributed by atoms with van der Waals surface area (Å²) in [4.78, 5) is 0. The van der Waals surface area contributed by atoms with Gasteiger partial charge in [0.25, 0.3) is 0 Å². The molecule has 1 unspecified atom stereocenters. The smallest absolute Gasteiger partial charge is 0.122 e. The first-order valence-electron chi connectivity index (χ1n) is 5.88. The molecule has 2 rings (SSSR count). The van der Waals surface area contributed by atoms with Gasteiger partial charge >= 0.3 is 0 Å². The third-order valence-corrected chi connectivity index (χ3v) is 4.61. The van der Waals surface area contributed by atoms with Gasteiger partial charge < -0.3 is 5.11 Å². The molecule has 1 aromatic heterocycles. The molecule has 0 saturated carbocycles. The van der Waals surface area contributed by atoms with E-state index in [2.05, 4.69) is 43.9 Å². The van der Waals surface area contributed by atoms with Gasteiger partial charge in [0.15, 0.2) is 0 Å². The highest BCUT2D eigenvalue weighted by atomic mass is 79.9. The van der Waals surface area contributed by atoms with E-state index in [1.54, 1.807) is 12.3 Å². The van der Waals surface area contributed by atoms with Crippen molar-refractivity contribution in [2.75, 3.05) is 0 Å². The molecule has 102 valence electrons. The Balaban J connectivity index is 2.40. The number of halogens is 3. The summed E-state index contributed by atoms with van der Waals surface area (Å²) in [6.07, 6.45) is 1.93. The summed E-state index contributed by atoms with van der Waals surface area (Å²) >= 11 is 12.8. The lowest BCUT2D eigenvalue weighted by atomic mass is 10.1. The molecule has 0 aliphatic rings. The average Bonchev–Trinajstić information content (AvgIpc) is 2.74. The van der Waals surface area contributed by atoms with Crippen LogP contribution >= 0.6 is 43.5 Å². The van der Waals surface area contributed by atoms with Crippen LogP contribution in [0, 0.1) is 0 Å². The molecule has 0 aliphatic carbocycles. The Bertz CT molecular complexity index is 586. The standard InChI is InChI=1S/C13H13Br2ClN2O/c1-2-5-18-12(10(15)7-17-18)13(19)8-3-4-11(16)9(14)6-8/h3-4,6-7,13,19H,2,5H2,1H3. The largest absolute Gasteiger partial charge is 0.382 e. The molecule has 1 atom stereocenters. The van der Waals surface area contributed by atoms with Crippen LogP contribution in [0.4, 0.5) is 0 Å². The second-order valence-electron chi connectivity index (χ2n) is 4.18. The predicted molar refractivity (Wildman–Crippen MR) is 83.4 cm³/mol. The molecule has 0 saturated heterocycles. The summed E-state index contributed by atoms with van der Waals surface area (Å²) in [7, 11) is 0. The molecular formula is C13H13Br2ClN2O. The molecule has 0 radical (unpaired) electrons. The van der Waals surface area contributed by atoms with E-state index in [0.29, 0.717) is 5.02 Å². The van der Waals surface area contributed by atoms with Crippen LogP contribution in [0.25, 0.3) is 0 Å². The maximum Gasteiger partial charge on any atom is 0.122 e. The van der Waals surface area contributed by atoms with Gasteiger partial charge in [0, 0.05) is 11.0 Å². The van der Waals surface area contributed by atoms with E-state index < -0.39 is 6.10 Å². The fraction of sp³-hybridized carbons (Fsp3) is 0.308. The number of rotatable bonds is 4. The van der Waals surface area contributed by atoms with Crippen molar-refractivity contribution in [1.82, 2.24) is 9.78 Å². The normalized spacial score (nSPS) is 12.7. The van der Waals surface area contributed by atoms with Crippen molar-refractivity contribution in [3.05, 3.63) is 49.6 Å². The van der Waals surface area contributed by atoms with Crippen LogP contribution in [0.3, 0.4) is 0 Å². The van der Waals surface area contributed by atoms with Crippen LogP contribution in [-0.2, 0) is 6.54 Å². The van der Waals surface area contributed by atoms with Crippen LogP contribution in [0.2, 0.25) is 5.02 Å². The van der Waals surface area contributed by atoms with Crippen molar-refractivity contribution in [2.24, 2.45) is 0 Å². The van der Waals surface area contributed by atoms with E-state index in [4.69, 9.17) is 11.6 Å². The third kappa shape index (κ3) is 3.21. The van der Waals surface area contributed by atoms with Crippen LogP contribution in [0.15, 0.2) is 33.3 Å². The van der Waals surface area contributed by atoms with E-state index in [9.17, 15) is 5.11 Å². The zero-order valence-electron chi connectivity index (χ0n) is 10.3. The molecule has 1 N–H and O–H groups in total. The summed E-state index contributed by atoms with van der Waals surface area (Å²) < 4.78 is 3.39. The van der Waals surface area contributed by atoms with Gasteiger partial charge in [0.1, 0.15) is 6.10 Å². The Morgan fingerprint density at radius 3 is 2.74 bits per heavy atom. The first kappa shape index (κ1) is 15.0. The Labute approximate surface area is 133 Å². The summed E-state index contributed by atoms with van der Waals surface area (Å²) in [5.41, 5.74) is 1.53. The van der Waals surface area contributed by atoms with Gasteiger partial charge in [-0.15, -0.1) is 0 Å². The van der Waals surface area contributed by atoms with E-state index in [-0.39, 0.29) is 0 Å². The second kappa shape index (κ2) is 6.39. The molecule has 6 heteroatoms. The number of aromatic nitrogens is 2. The summed E-state index contributed by atoms with van der Waals surface area (Å²) in [5.74, 6) is 0. The van der Waals surface area contributed by atoms with Gasteiger partial charge in [-0.25, -0.2) is 0 Å². The van der Waals surface area contributed by atoms with E-state index in [0.717, 1.165) is 33.2 Å². The van der Waals surface area contributed by atoms with E-state index in [1.807, 2.05) is 16.8 Å². The van der Waals surface area contributed by atoms with Crippen molar-refractivity contribution in [1.29, 1.82) is 0 Å². The number of aliphatic hydroxyl groups is 1. The maximum atomic E-state index is 10.5. The number of nitrogens with zero attached hydrogens (tertiary/aromatic N) is 2. The number of hydrogen-bond donors (Lipinski definition) is 1. The zero-order chi connectivity index (χ0) is 14.0. The minimum absolute atomic E-state index is 0.622. The van der Waals surface area contributed by atoms with E-state index >= 15 is 0 Å². The third-order valence-electron chi connectivity index (χ3n) is 2.79. The predicted octanol–water partition coefficient (Wildman–Crippen LogP) is 4.55. The second-order valence-corrected chi connectivity index (χ2v) is 6.29. The highest BCUT2D eigenvalue weighted by Gasteiger charge is 2.20. The lowest BCUT2D eigenvalue weighted by Gasteiger charge is -2.15. The Morgan fingerprint density at radius 2 is 2.11 bits per heavy atom. The molecule has 1 heterocycles. The topological polar surface area (TPSA) is 38.0 Å². The van der Waals surface area contributed by atoms with Crippen LogP contribution in [0.5, 0.6) is 0 Å². The maximum absolute atomic E-state index is 10.5. The molecule has 0 amide bonds. The average molecular weight is 409 g/mol. The molecule has 1 aromatic carbocycles.